The lowest BCUT2D eigenvalue weighted by Crippen LogP contribution is -2.33. The summed E-state index contributed by atoms with van der Waals surface area (Å²) in [4.78, 5) is 36.9. The van der Waals surface area contributed by atoms with E-state index < -0.39 is 17.6 Å². The van der Waals surface area contributed by atoms with Crippen LogP contribution in [-0.2, 0) is 15.8 Å². The van der Waals surface area contributed by atoms with E-state index in [0.29, 0.717) is 11.3 Å². The molecule has 0 spiro atoms. The molecular weight excluding hydrogens is 399 g/mol. The number of ketones is 1. The normalized spacial score (nSPS) is 11.3. The largest absolute Gasteiger partial charge is 0.418 e. The average molecular weight is 421 g/mol. The fourth-order valence-electron chi connectivity index (χ4n) is 2.66. The zero-order valence-corrected chi connectivity index (χ0v) is 16.5. The zero-order chi connectivity index (χ0) is 22.3. The fraction of sp³-hybridized carbons (Fsp3) is 0.286. The smallest absolute Gasteiger partial charge is 0.326 e. The molecule has 2 rings (SSSR count). The summed E-state index contributed by atoms with van der Waals surface area (Å²) in [5, 5.41) is 4.94. The number of benzene rings is 2. The minimum absolute atomic E-state index is 0.0781. The maximum atomic E-state index is 13.0. The monoisotopic (exact) mass is 421 g/mol. The molecule has 0 aliphatic heterocycles. The summed E-state index contributed by atoms with van der Waals surface area (Å²) >= 11 is 0. The summed E-state index contributed by atoms with van der Waals surface area (Å²) in [6, 6.07) is 11.2. The SMILES string of the molecule is CC(=O)c1ccc(NC(=O)CCN(C)CC(=O)Nc2ccccc2C(F)(F)F)cc1. The Bertz CT molecular complexity index is 912. The van der Waals surface area contributed by atoms with Crippen LogP contribution >= 0.6 is 0 Å². The lowest BCUT2D eigenvalue weighted by molar-refractivity contribution is -0.137. The molecule has 30 heavy (non-hydrogen) atoms. The summed E-state index contributed by atoms with van der Waals surface area (Å²) in [6.07, 6.45) is -4.49. The molecule has 2 N–H and O–H groups in total. The van der Waals surface area contributed by atoms with Crippen molar-refractivity contribution in [2.45, 2.75) is 19.5 Å². The van der Waals surface area contributed by atoms with Crippen LogP contribution in [0.25, 0.3) is 0 Å². The molecule has 0 heterocycles. The molecule has 2 amide bonds. The number of carbonyl (C=O) groups is 3. The van der Waals surface area contributed by atoms with Crippen LogP contribution in [0.5, 0.6) is 0 Å². The molecule has 160 valence electrons. The summed E-state index contributed by atoms with van der Waals surface area (Å²) in [5.41, 5.74) is -0.161. The first-order valence-electron chi connectivity index (χ1n) is 9.11. The van der Waals surface area contributed by atoms with Gasteiger partial charge in [0.25, 0.3) is 0 Å². The van der Waals surface area contributed by atoms with Crippen molar-refractivity contribution in [3.05, 3.63) is 59.7 Å². The van der Waals surface area contributed by atoms with Crippen molar-refractivity contribution in [3.8, 4) is 0 Å². The number of halogens is 3. The van der Waals surface area contributed by atoms with Crippen molar-refractivity contribution in [2.75, 3.05) is 30.8 Å². The summed E-state index contributed by atoms with van der Waals surface area (Å²) in [5.74, 6) is -0.986. The number of hydrogen-bond donors (Lipinski definition) is 2. The number of nitrogens with one attached hydrogen (secondary N) is 2. The molecule has 0 aliphatic rings. The van der Waals surface area contributed by atoms with E-state index in [1.54, 1.807) is 31.3 Å². The van der Waals surface area contributed by atoms with E-state index >= 15 is 0 Å². The highest BCUT2D eigenvalue weighted by atomic mass is 19.4. The second kappa shape index (κ2) is 10.0. The summed E-state index contributed by atoms with van der Waals surface area (Å²) < 4.78 is 39.0. The van der Waals surface area contributed by atoms with E-state index in [-0.39, 0.29) is 36.9 Å². The van der Waals surface area contributed by atoms with Crippen LogP contribution in [0.2, 0.25) is 0 Å². The highest BCUT2D eigenvalue weighted by molar-refractivity contribution is 5.96. The van der Waals surface area contributed by atoms with Crippen LogP contribution in [0.3, 0.4) is 0 Å². The number of carbonyl (C=O) groups excluding carboxylic acids is 3. The number of amides is 2. The van der Waals surface area contributed by atoms with Gasteiger partial charge in [0.05, 0.1) is 17.8 Å². The van der Waals surface area contributed by atoms with Crippen LogP contribution in [0, 0.1) is 0 Å². The number of para-hydroxylation sites is 1. The second-order valence-corrected chi connectivity index (χ2v) is 6.76. The first-order chi connectivity index (χ1) is 14.1. The second-order valence-electron chi connectivity index (χ2n) is 6.76. The van der Waals surface area contributed by atoms with Crippen molar-refractivity contribution in [2.24, 2.45) is 0 Å². The first kappa shape index (κ1) is 23.1. The van der Waals surface area contributed by atoms with Crippen molar-refractivity contribution < 1.29 is 27.6 Å². The Kier molecular flexibility index (Phi) is 7.71. The Morgan fingerprint density at radius 2 is 1.57 bits per heavy atom. The Morgan fingerprint density at radius 1 is 0.933 bits per heavy atom. The van der Waals surface area contributed by atoms with Gasteiger partial charge in [-0.1, -0.05) is 12.1 Å². The number of rotatable bonds is 8. The Labute approximate surface area is 172 Å². The van der Waals surface area contributed by atoms with Crippen LogP contribution in [0.4, 0.5) is 24.5 Å². The molecule has 6 nitrogen and oxygen atoms in total. The minimum Gasteiger partial charge on any atom is -0.326 e. The Hall–Kier alpha value is -3.20. The topological polar surface area (TPSA) is 78.5 Å². The molecule has 0 bridgehead atoms. The van der Waals surface area contributed by atoms with Gasteiger partial charge in [-0.3, -0.25) is 19.3 Å². The summed E-state index contributed by atoms with van der Waals surface area (Å²) in [7, 11) is 1.59. The van der Waals surface area contributed by atoms with Crippen molar-refractivity contribution >= 4 is 29.0 Å². The molecule has 0 radical (unpaired) electrons. The molecule has 0 unspecified atom stereocenters. The molecule has 9 heteroatoms. The number of alkyl halides is 3. The minimum atomic E-state index is -4.57. The Morgan fingerprint density at radius 3 is 2.17 bits per heavy atom. The highest BCUT2D eigenvalue weighted by Gasteiger charge is 2.33. The van der Waals surface area contributed by atoms with E-state index in [4.69, 9.17) is 0 Å². The molecule has 2 aromatic carbocycles. The van der Waals surface area contributed by atoms with Gasteiger partial charge in [-0.15, -0.1) is 0 Å². The third-order valence-corrected chi connectivity index (χ3v) is 4.22. The number of nitrogens with zero attached hydrogens (tertiary/aromatic N) is 1. The molecule has 0 fully saturated rings. The molecule has 0 saturated carbocycles. The van der Waals surface area contributed by atoms with Gasteiger partial charge in [0.15, 0.2) is 5.78 Å². The zero-order valence-electron chi connectivity index (χ0n) is 16.5. The van der Waals surface area contributed by atoms with E-state index in [1.165, 1.54) is 30.0 Å². The fourth-order valence-corrected chi connectivity index (χ4v) is 2.66. The molecule has 0 saturated heterocycles. The molecular formula is C21H22F3N3O3. The third-order valence-electron chi connectivity index (χ3n) is 4.22. The number of Topliss-reactive ketones (excluding diaryl/α,β-unsaturated/α-hetero) is 1. The van der Waals surface area contributed by atoms with Gasteiger partial charge in [-0.2, -0.15) is 13.2 Å². The van der Waals surface area contributed by atoms with Crippen LogP contribution in [0.1, 0.15) is 29.3 Å². The van der Waals surface area contributed by atoms with Crippen LogP contribution in [0.15, 0.2) is 48.5 Å². The van der Waals surface area contributed by atoms with Gasteiger partial charge in [0, 0.05) is 24.2 Å². The summed E-state index contributed by atoms with van der Waals surface area (Å²) in [6.45, 7) is 1.50. The van der Waals surface area contributed by atoms with Crippen LogP contribution in [-0.4, -0.2) is 42.6 Å². The van der Waals surface area contributed by atoms with Gasteiger partial charge in [0.2, 0.25) is 11.8 Å². The van der Waals surface area contributed by atoms with Crippen molar-refractivity contribution in [3.63, 3.8) is 0 Å². The Balaban J connectivity index is 1.81. The van der Waals surface area contributed by atoms with Crippen LogP contribution < -0.4 is 10.6 Å². The molecule has 2 aromatic rings. The molecule has 0 aliphatic carbocycles. The average Bonchev–Trinajstić information content (AvgIpc) is 2.66. The first-order valence-corrected chi connectivity index (χ1v) is 9.11. The third kappa shape index (κ3) is 7.00. The number of likely N-dealkylation sites (N-methyl/N-ethyl adjacent to an activating group) is 1. The van der Waals surface area contributed by atoms with E-state index in [9.17, 15) is 27.6 Å². The maximum Gasteiger partial charge on any atom is 0.418 e. The number of anilines is 2. The lowest BCUT2D eigenvalue weighted by Gasteiger charge is -2.18. The van der Waals surface area contributed by atoms with Crippen molar-refractivity contribution in [1.29, 1.82) is 0 Å². The highest BCUT2D eigenvalue weighted by Crippen LogP contribution is 2.34. The quantitative estimate of drug-likeness (QED) is 0.636. The number of hydrogen-bond acceptors (Lipinski definition) is 4. The van der Waals surface area contributed by atoms with Gasteiger partial charge < -0.3 is 10.6 Å². The van der Waals surface area contributed by atoms with E-state index in [0.717, 1.165) is 6.07 Å². The van der Waals surface area contributed by atoms with E-state index in [2.05, 4.69) is 10.6 Å². The van der Waals surface area contributed by atoms with Crippen molar-refractivity contribution in [1.82, 2.24) is 4.90 Å². The molecule has 0 atom stereocenters. The lowest BCUT2D eigenvalue weighted by atomic mass is 10.1. The van der Waals surface area contributed by atoms with Gasteiger partial charge >= 0.3 is 6.18 Å². The predicted octanol–water partition coefficient (Wildman–Crippen LogP) is 3.81. The van der Waals surface area contributed by atoms with Gasteiger partial charge in [-0.05, 0) is 50.4 Å². The van der Waals surface area contributed by atoms with Gasteiger partial charge in [0.1, 0.15) is 0 Å². The standard InChI is InChI=1S/C21H22F3N3O3/c1-14(28)15-7-9-16(10-8-15)25-19(29)11-12-27(2)13-20(30)26-18-6-4-3-5-17(18)21(22,23)24/h3-10H,11-13H2,1-2H3,(H,25,29)(H,26,30). The maximum absolute atomic E-state index is 13.0. The van der Waals surface area contributed by atoms with Gasteiger partial charge in [-0.25, -0.2) is 0 Å². The van der Waals surface area contributed by atoms with E-state index in [1.807, 2.05) is 0 Å². The molecule has 0 aromatic heterocycles. The predicted molar refractivity (Wildman–Crippen MR) is 107 cm³/mol.